The summed E-state index contributed by atoms with van der Waals surface area (Å²) in [7, 11) is -2.96. The SMILES string of the molecule is CCN(C(=O)Cc1ccncc1)[C@@H]1CCS(=O)(=O)C1. The maximum absolute atomic E-state index is 12.3. The van der Waals surface area contributed by atoms with Crippen LogP contribution in [0.15, 0.2) is 24.5 Å². The molecule has 5 nitrogen and oxygen atoms in total. The molecule has 2 heterocycles. The zero-order valence-corrected chi connectivity index (χ0v) is 11.8. The molecule has 6 heteroatoms. The Hall–Kier alpha value is -1.43. The van der Waals surface area contributed by atoms with Gasteiger partial charge in [-0.1, -0.05) is 0 Å². The molecule has 0 saturated carbocycles. The number of amides is 1. The van der Waals surface area contributed by atoms with Gasteiger partial charge in [0.1, 0.15) is 0 Å². The van der Waals surface area contributed by atoms with Crippen LogP contribution in [0.2, 0.25) is 0 Å². The van der Waals surface area contributed by atoms with E-state index in [0.717, 1.165) is 5.56 Å². The summed E-state index contributed by atoms with van der Waals surface area (Å²) in [6.45, 7) is 2.43. The van der Waals surface area contributed by atoms with Crippen molar-refractivity contribution >= 4 is 15.7 Å². The van der Waals surface area contributed by atoms with E-state index in [1.807, 2.05) is 6.92 Å². The molecule has 0 spiro atoms. The van der Waals surface area contributed by atoms with Crippen molar-refractivity contribution in [2.24, 2.45) is 0 Å². The van der Waals surface area contributed by atoms with E-state index in [0.29, 0.717) is 19.4 Å². The van der Waals surface area contributed by atoms with Gasteiger partial charge in [0.15, 0.2) is 9.84 Å². The smallest absolute Gasteiger partial charge is 0.227 e. The second-order valence-corrected chi connectivity index (χ2v) is 7.00. The highest BCUT2D eigenvalue weighted by atomic mass is 32.2. The third kappa shape index (κ3) is 3.53. The summed E-state index contributed by atoms with van der Waals surface area (Å²) in [4.78, 5) is 17.8. The number of hydrogen-bond acceptors (Lipinski definition) is 4. The zero-order chi connectivity index (χ0) is 13.9. The fraction of sp³-hybridized carbons (Fsp3) is 0.538. The minimum Gasteiger partial charge on any atom is -0.339 e. The van der Waals surface area contributed by atoms with E-state index in [2.05, 4.69) is 4.98 Å². The summed E-state index contributed by atoms with van der Waals surface area (Å²) >= 11 is 0. The van der Waals surface area contributed by atoms with Gasteiger partial charge in [-0.05, 0) is 31.0 Å². The summed E-state index contributed by atoms with van der Waals surface area (Å²) in [5, 5.41) is 0. The van der Waals surface area contributed by atoms with Crippen molar-refractivity contribution in [1.29, 1.82) is 0 Å². The summed E-state index contributed by atoms with van der Waals surface area (Å²) in [5.74, 6) is 0.274. The summed E-state index contributed by atoms with van der Waals surface area (Å²) in [6.07, 6.45) is 4.16. The third-order valence-electron chi connectivity index (χ3n) is 3.41. The molecule has 0 aliphatic carbocycles. The van der Waals surface area contributed by atoms with Gasteiger partial charge in [-0.15, -0.1) is 0 Å². The van der Waals surface area contributed by atoms with Gasteiger partial charge in [-0.25, -0.2) is 8.42 Å². The first-order chi connectivity index (χ1) is 9.02. The lowest BCUT2D eigenvalue weighted by atomic mass is 10.1. The lowest BCUT2D eigenvalue weighted by molar-refractivity contribution is -0.132. The van der Waals surface area contributed by atoms with Crippen molar-refractivity contribution in [3.05, 3.63) is 30.1 Å². The first-order valence-electron chi connectivity index (χ1n) is 6.40. The summed E-state index contributed by atoms with van der Waals surface area (Å²) in [5.41, 5.74) is 0.902. The maximum Gasteiger partial charge on any atom is 0.227 e. The fourth-order valence-corrected chi connectivity index (χ4v) is 4.17. The van der Waals surface area contributed by atoms with Crippen LogP contribution in [0.25, 0.3) is 0 Å². The Morgan fingerprint density at radius 2 is 2.11 bits per heavy atom. The number of pyridine rings is 1. The Morgan fingerprint density at radius 3 is 2.63 bits per heavy atom. The van der Waals surface area contributed by atoms with Crippen LogP contribution in [0, 0.1) is 0 Å². The van der Waals surface area contributed by atoms with Crippen LogP contribution < -0.4 is 0 Å². The topological polar surface area (TPSA) is 67.3 Å². The van der Waals surface area contributed by atoms with Crippen LogP contribution in [-0.4, -0.2) is 48.3 Å². The Kier molecular flexibility index (Phi) is 4.19. The number of carbonyl (C=O) groups excluding carboxylic acids is 1. The lowest BCUT2D eigenvalue weighted by Gasteiger charge is -2.26. The molecule has 19 heavy (non-hydrogen) atoms. The van der Waals surface area contributed by atoms with Gasteiger partial charge in [0.05, 0.1) is 17.9 Å². The Bertz CT molecular complexity index is 542. The zero-order valence-electron chi connectivity index (χ0n) is 10.9. The molecule has 1 aromatic heterocycles. The van der Waals surface area contributed by atoms with E-state index in [1.54, 1.807) is 29.4 Å². The van der Waals surface area contributed by atoms with E-state index in [1.165, 1.54) is 0 Å². The monoisotopic (exact) mass is 282 g/mol. The van der Waals surface area contributed by atoms with Gasteiger partial charge in [-0.3, -0.25) is 9.78 Å². The summed E-state index contributed by atoms with van der Waals surface area (Å²) < 4.78 is 23.0. The van der Waals surface area contributed by atoms with Crippen molar-refractivity contribution in [3.63, 3.8) is 0 Å². The quantitative estimate of drug-likeness (QED) is 0.813. The highest BCUT2D eigenvalue weighted by molar-refractivity contribution is 7.91. The number of rotatable bonds is 4. The molecule has 1 aliphatic heterocycles. The molecule has 0 aromatic carbocycles. The van der Waals surface area contributed by atoms with Crippen LogP contribution in [-0.2, 0) is 21.1 Å². The molecule has 0 radical (unpaired) electrons. The number of nitrogens with zero attached hydrogens (tertiary/aromatic N) is 2. The van der Waals surface area contributed by atoms with Crippen LogP contribution in [0.3, 0.4) is 0 Å². The molecule has 1 amide bonds. The van der Waals surface area contributed by atoms with Crippen LogP contribution >= 0.6 is 0 Å². The number of aromatic nitrogens is 1. The molecule has 1 saturated heterocycles. The Balaban J connectivity index is 2.04. The fourth-order valence-electron chi connectivity index (χ4n) is 2.44. The molecule has 2 rings (SSSR count). The first-order valence-corrected chi connectivity index (χ1v) is 8.23. The van der Waals surface area contributed by atoms with E-state index in [-0.39, 0.29) is 23.5 Å². The molecule has 1 aromatic rings. The van der Waals surface area contributed by atoms with Gasteiger partial charge in [0.25, 0.3) is 0 Å². The largest absolute Gasteiger partial charge is 0.339 e. The molecular weight excluding hydrogens is 264 g/mol. The van der Waals surface area contributed by atoms with E-state index < -0.39 is 9.84 Å². The number of hydrogen-bond donors (Lipinski definition) is 0. The van der Waals surface area contributed by atoms with Crippen molar-refractivity contribution < 1.29 is 13.2 Å². The van der Waals surface area contributed by atoms with Crippen LogP contribution in [0.5, 0.6) is 0 Å². The molecule has 104 valence electrons. The number of carbonyl (C=O) groups is 1. The van der Waals surface area contributed by atoms with Gasteiger partial charge in [0, 0.05) is 25.0 Å². The normalized spacial score (nSPS) is 21.2. The van der Waals surface area contributed by atoms with Gasteiger partial charge < -0.3 is 4.90 Å². The lowest BCUT2D eigenvalue weighted by Crippen LogP contribution is -2.41. The van der Waals surface area contributed by atoms with Crippen molar-refractivity contribution in [2.45, 2.75) is 25.8 Å². The Morgan fingerprint density at radius 1 is 1.42 bits per heavy atom. The average molecular weight is 282 g/mol. The number of sulfone groups is 1. The van der Waals surface area contributed by atoms with Gasteiger partial charge >= 0.3 is 0 Å². The highest BCUT2D eigenvalue weighted by Crippen LogP contribution is 2.18. The van der Waals surface area contributed by atoms with E-state index in [4.69, 9.17) is 0 Å². The molecule has 1 atom stereocenters. The molecule has 1 fully saturated rings. The second-order valence-electron chi connectivity index (χ2n) is 4.77. The highest BCUT2D eigenvalue weighted by Gasteiger charge is 2.33. The minimum atomic E-state index is -2.96. The van der Waals surface area contributed by atoms with Crippen molar-refractivity contribution in [1.82, 2.24) is 9.88 Å². The Labute approximate surface area is 113 Å². The predicted molar refractivity (Wildman–Crippen MR) is 72.4 cm³/mol. The third-order valence-corrected chi connectivity index (χ3v) is 5.17. The van der Waals surface area contributed by atoms with E-state index in [9.17, 15) is 13.2 Å². The second kappa shape index (κ2) is 5.69. The van der Waals surface area contributed by atoms with Gasteiger partial charge in [0.2, 0.25) is 5.91 Å². The van der Waals surface area contributed by atoms with Crippen LogP contribution in [0.1, 0.15) is 18.9 Å². The summed E-state index contributed by atoms with van der Waals surface area (Å²) in [6, 6.07) is 3.44. The maximum atomic E-state index is 12.3. The molecule has 0 bridgehead atoms. The molecule has 0 unspecified atom stereocenters. The standard InChI is InChI=1S/C13H18N2O3S/c1-2-15(12-5-8-19(17,18)10-12)13(16)9-11-3-6-14-7-4-11/h3-4,6-7,12H,2,5,8-10H2,1H3/t12-/m1/s1. The first kappa shape index (κ1) is 14.0. The molecule has 0 N–H and O–H groups in total. The predicted octanol–water partition coefficient (Wildman–Crippen LogP) is 0.660. The van der Waals surface area contributed by atoms with Gasteiger partial charge in [-0.2, -0.15) is 0 Å². The van der Waals surface area contributed by atoms with Crippen molar-refractivity contribution in [3.8, 4) is 0 Å². The average Bonchev–Trinajstić information content (AvgIpc) is 2.72. The minimum absolute atomic E-state index is 0.0178. The number of likely N-dealkylation sites (N-methyl/N-ethyl adjacent to an activating group) is 1. The molecule has 1 aliphatic rings. The van der Waals surface area contributed by atoms with Crippen LogP contribution in [0.4, 0.5) is 0 Å². The van der Waals surface area contributed by atoms with E-state index >= 15 is 0 Å². The molecular formula is C13H18N2O3S. The van der Waals surface area contributed by atoms with Crippen molar-refractivity contribution in [2.75, 3.05) is 18.1 Å².